The minimum Gasteiger partial charge on any atom is -0.350 e. The standard InChI is InChI=1S/C14H21ClN2OS/c1-4-16-10(3)9-17-14(18)12-8-11(15)6-7-13(12)19-5-2/h6-8,10,16H,4-5,9H2,1-3H3,(H,17,18)/t10-/m1/s1. The van der Waals surface area contributed by atoms with Crippen LogP contribution < -0.4 is 10.6 Å². The zero-order chi connectivity index (χ0) is 14.3. The quantitative estimate of drug-likeness (QED) is 0.760. The zero-order valence-electron chi connectivity index (χ0n) is 11.6. The van der Waals surface area contributed by atoms with Crippen molar-refractivity contribution < 1.29 is 4.79 Å². The number of thioether (sulfide) groups is 1. The summed E-state index contributed by atoms with van der Waals surface area (Å²) in [6, 6.07) is 5.71. The Morgan fingerprint density at radius 3 is 2.79 bits per heavy atom. The summed E-state index contributed by atoms with van der Waals surface area (Å²) in [5, 5.41) is 6.78. The van der Waals surface area contributed by atoms with Crippen molar-refractivity contribution in [1.82, 2.24) is 10.6 Å². The number of carbonyl (C=O) groups is 1. The number of benzene rings is 1. The maximum atomic E-state index is 12.2. The first-order chi connectivity index (χ1) is 9.08. The topological polar surface area (TPSA) is 41.1 Å². The Morgan fingerprint density at radius 1 is 1.42 bits per heavy atom. The van der Waals surface area contributed by atoms with Crippen LogP contribution in [0, 0.1) is 0 Å². The van der Waals surface area contributed by atoms with Crippen molar-refractivity contribution in [2.45, 2.75) is 31.7 Å². The van der Waals surface area contributed by atoms with E-state index < -0.39 is 0 Å². The first-order valence-corrected chi connectivity index (χ1v) is 7.88. The SMILES string of the molecule is CCN[C@H](C)CNC(=O)c1cc(Cl)ccc1SCC. The van der Waals surface area contributed by atoms with Crippen molar-refractivity contribution in [2.75, 3.05) is 18.8 Å². The minimum absolute atomic E-state index is 0.0665. The van der Waals surface area contributed by atoms with E-state index in [4.69, 9.17) is 11.6 Å². The summed E-state index contributed by atoms with van der Waals surface area (Å²) in [4.78, 5) is 13.2. The van der Waals surface area contributed by atoms with Crippen LogP contribution in [0.15, 0.2) is 23.1 Å². The van der Waals surface area contributed by atoms with Crippen molar-refractivity contribution in [3.8, 4) is 0 Å². The van der Waals surface area contributed by atoms with Crippen molar-refractivity contribution in [2.24, 2.45) is 0 Å². The summed E-state index contributed by atoms with van der Waals surface area (Å²) in [6.45, 7) is 7.66. The van der Waals surface area contributed by atoms with Gasteiger partial charge in [0, 0.05) is 22.5 Å². The Hall–Kier alpha value is -0.710. The number of halogens is 1. The number of carbonyl (C=O) groups excluding carboxylic acids is 1. The largest absolute Gasteiger partial charge is 0.350 e. The lowest BCUT2D eigenvalue weighted by Crippen LogP contribution is -2.38. The van der Waals surface area contributed by atoms with E-state index in [1.54, 1.807) is 17.8 Å². The molecule has 0 aromatic heterocycles. The molecular weight excluding hydrogens is 280 g/mol. The highest BCUT2D eigenvalue weighted by molar-refractivity contribution is 7.99. The highest BCUT2D eigenvalue weighted by Gasteiger charge is 2.12. The zero-order valence-corrected chi connectivity index (χ0v) is 13.2. The number of amides is 1. The lowest BCUT2D eigenvalue weighted by atomic mass is 10.2. The van der Waals surface area contributed by atoms with Crippen LogP contribution >= 0.6 is 23.4 Å². The Kier molecular flexibility index (Phi) is 7.28. The molecule has 0 spiro atoms. The first-order valence-electron chi connectivity index (χ1n) is 6.52. The molecule has 0 saturated carbocycles. The van der Waals surface area contributed by atoms with Crippen LogP contribution in [0.25, 0.3) is 0 Å². The van der Waals surface area contributed by atoms with E-state index in [2.05, 4.69) is 17.6 Å². The molecule has 1 aromatic carbocycles. The summed E-state index contributed by atoms with van der Waals surface area (Å²) in [7, 11) is 0. The van der Waals surface area contributed by atoms with Crippen LogP contribution in [0.1, 0.15) is 31.1 Å². The Bertz CT molecular complexity index is 426. The molecule has 1 amide bonds. The van der Waals surface area contributed by atoms with Gasteiger partial charge in [0.15, 0.2) is 0 Å². The van der Waals surface area contributed by atoms with Gasteiger partial charge in [-0.1, -0.05) is 25.4 Å². The molecule has 3 nitrogen and oxygen atoms in total. The normalized spacial score (nSPS) is 12.2. The van der Waals surface area contributed by atoms with Crippen molar-refractivity contribution in [3.63, 3.8) is 0 Å². The monoisotopic (exact) mass is 300 g/mol. The van der Waals surface area contributed by atoms with Gasteiger partial charge in [0.2, 0.25) is 0 Å². The van der Waals surface area contributed by atoms with Gasteiger partial charge < -0.3 is 10.6 Å². The van der Waals surface area contributed by atoms with Crippen LogP contribution in [0.5, 0.6) is 0 Å². The molecule has 0 aliphatic heterocycles. The second kappa shape index (κ2) is 8.46. The highest BCUT2D eigenvalue weighted by atomic mass is 35.5. The predicted octanol–water partition coefficient (Wildman–Crippen LogP) is 3.18. The van der Waals surface area contributed by atoms with Crippen LogP contribution in [-0.2, 0) is 0 Å². The van der Waals surface area contributed by atoms with E-state index in [9.17, 15) is 4.79 Å². The second-order valence-corrected chi connectivity index (χ2v) is 5.98. The number of hydrogen-bond acceptors (Lipinski definition) is 3. The lowest BCUT2D eigenvalue weighted by molar-refractivity contribution is 0.0947. The molecule has 2 N–H and O–H groups in total. The summed E-state index contributed by atoms with van der Waals surface area (Å²) >= 11 is 7.62. The van der Waals surface area contributed by atoms with Gasteiger partial charge in [-0.05, 0) is 37.4 Å². The highest BCUT2D eigenvalue weighted by Crippen LogP contribution is 2.25. The fourth-order valence-corrected chi connectivity index (χ4v) is 2.68. The third-order valence-corrected chi connectivity index (χ3v) is 3.80. The van der Waals surface area contributed by atoms with Crippen LogP contribution in [-0.4, -0.2) is 30.8 Å². The lowest BCUT2D eigenvalue weighted by Gasteiger charge is -2.14. The molecule has 0 bridgehead atoms. The molecule has 1 aromatic rings. The van der Waals surface area contributed by atoms with E-state index >= 15 is 0 Å². The first kappa shape index (κ1) is 16.3. The second-order valence-electron chi connectivity index (χ2n) is 4.24. The Labute approximate surface area is 124 Å². The van der Waals surface area contributed by atoms with Gasteiger partial charge in [-0.2, -0.15) is 0 Å². The third-order valence-electron chi connectivity index (χ3n) is 2.61. The molecule has 5 heteroatoms. The average molecular weight is 301 g/mol. The molecule has 0 aliphatic rings. The van der Waals surface area contributed by atoms with E-state index in [0.717, 1.165) is 17.2 Å². The summed E-state index contributed by atoms with van der Waals surface area (Å²) in [5.74, 6) is 0.860. The Morgan fingerprint density at radius 2 is 2.16 bits per heavy atom. The van der Waals surface area contributed by atoms with E-state index in [1.165, 1.54) is 0 Å². The molecule has 1 atom stereocenters. The minimum atomic E-state index is -0.0665. The molecule has 0 unspecified atom stereocenters. The van der Waals surface area contributed by atoms with Crippen LogP contribution in [0.3, 0.4) is 0 Å². The maximum absolute atomic E-state index is 12.2. The van der Waals surface area contributed by atoms with Gasteiger partial charge in [0.1, 0.15) is 0 Å². The molecule has 0 heterocycles. The van der Waals surface area contributed by atoms with Gasteiger partial charge in [-0.3, -0.25) is 4.79 Å². The predicted molar refractivity (Wildman–Crippen MR) is 83.3 cm³/mol. The summed E-state index contributed by atoms with van der Waals surface area (Å²) in [6.07, 6.45) is 0. The van der Waals surface area contributed by atoms with Crippen molar-refractivity contribution in [3.05, 3.63) is 28.8 Å². The van der Waals surface area contributed by atoms with E-state index in [-0.39, 0.29) is 11.9 Å². The van der Waals surface area contributed by atoms with Gasteiger partial charge in [0.05, 0.1) is 5.56 Å². The number of hydrogen-bond donors (Lipinski definition) is 2. The third kappa shape index (κ3) is 5.43. The number of likely N-dealkylation sites (N-methyl/N-ethyl adjacent to an activating group) is 1. The van der Waals surface area contributed by atoms with Gasteiger partial charge in [-0.15, -0.1) is 11.8 Å². The molecule has 1 rings (SSSR count). The maximum Gasteiger partial charge on any atom is 0.252 e. The molecule has 0 aliphatic carbocycles. The smallest absolute Gasteiger partial charge is 0.252 e. The van der Waals surface area contributed by atoms with Crippen molar-refractivity contribution in [1.29, 1.82) is 0 Å². The van der Waals surface area contributed by atoms with Gasteiger partial charge in [0.25, 0.3) is 5.91 Å². The number of nitrogens with one attached hydrogen (secondary N) is 2. The van der Waals surface area contributed by atoms with Gasteiger partial charge in [-0.25, -0.2) is 0 Å². The van der Waals surface area contributed by atoms with E-state index in [1.807, 2.05) is 26.0 Å². The Balaban J connectivity index is 2.72. The fourth-order valence-electron chi connectivity index (χ4n) is 1.72. The molecule has 106 valence electrons. The average Bonchev–Trinajstić information content (AvgIpc) is 2.38. The fraction of sp³-hybridized carbons (Fsp3) is 0.500. The number of rotatable bonds is 7. The summed E-state index contributed by atoms with van der Waals surface area (Å²) in [5.41, 5.74) is 0.656. The summed E-state index contributed by atoms with van der Waals surface area (Å²) < 4.78 is 0. The van der Waals surface area contributed by atoms with Gasteiger partial charge >= 0.3 is 0 Å². The molecule has 0 radical (unpaired) electrons. The molecule has 19 heavy (non-hydrogen) atoms. The van der Waals surface area contributed by atoms with Crippen LogP contribution in [0.2, 0.25) is 5.02 Å². The molecule has 0 saturated heterocycles. The van der Waals surface area contributed by atoms with Crippen molar-refractivity contribution >= 4 is 29.3 Å². The molecule has 0 fully saturated rings. The molecular formula is C14H21ClN2OS. The van der Waals surface area contributed by atoms with E-state index in [0.29, 0.717) is 17.1 Å². The van der Waals surface area contributed by atoms with Crippen LogP contribution in [0.4, 0.5) is 0 Å².